The molecule has 1 N–H and O–H groups in total. The summed E-state index contributed by atoms with van der Waals surface area (Å²) in [7, 11) is 1.38. The van der Waals surface area contributed by atoms with Crippen LogP contribution in [0.1, 0.15) is 24.8 Å². The second-order valence-electron chi connectivity index (χ2n) is 5.20. The van der Waals surface area contributed by atoms with E-state index in [1.807, 2.05) is 4.90 Å². The third-order valence-corrected chi connectivity index (χ3v) is 3.68. The summed E-state index contributed by atoms with van der Waals surface area (Å²) in [5.41, 5.74) is 0.752. The lowest BCUT2D eigenvalue weighted by Crippen LogP contribution is -2.41. The SMILES string of the molecule is COC(=O)CN1CCC(Nc2cccc(C(F)F)c2)CC1. The molecule has 0 aliphatic carbocycles. The highest BCUT2D eigenvalue weighted by Crippen LogP contribution is 2.23. The minimum Gasteiger partial charge on any atom is -0.468 e. The zero-order valence-electron chi connectivity index (χ0n) is 12.0. The number of nitrogens with one attached hydrogen (secondary N) is 1. The first-order valence-electron chi connectivity index (χ1n) is 7.02. The molecule has 0 saturated carbocycles. The Bertz CT molecular complexity index is 474. The van der Waals surface area contributed by atoms with E-state index in [0.717, 1.165) is 31.6 Å². The number of hydrogen-bond acceptors (Lipinski definition) is 4. The second kappa shape index (κ2) is 7.36. The van der Waals surface area contributed by atoms with Gasteiger partial charge in [0, 0.05) is 30.4 Å². The van der Waals surface area contributed by atoms with Crippen molar-refractivity contribution in [3.8, 4) is 0 Å². The molecule has 0 amide bonds. The smallest absolute Gasteiger partial charge is 0.319 e. The Hall–Kier alpha value is -1.69. The molecule has 6 heteroatoms. The minimum absolute atomic E-state index is 0.0307. The number of ether oxygens (including phenoxy) is 1. The molecule has 0 unspecified atom stereocenters. The second-order valence-corrected chi connectivity index (χ2v) is 5.20. The number of carbonyl (C=O) groups excluding carboxylic acids is 1. The first kappa shape index (κ1) is 15.7. The van der Waals surface area contributed by atoms with Crippen LogP contribution in [-0.4, -0.2) is 43.7 Å². The van der Waals surface area contributed by atoms with Crippen LogP contribution in [0.3, 0.4) is 0 Å². The van der Waals surface area contributed by atoms with E-state index in [1.54, 1.807) is 12.1 Å². The summed E-state index contributed by atoms with van der Waals surface area (Å²) in [5, 5.41) is 3.29. The van der Waals surface area contributed by atoms with E-state index in [-0.39, 0.29) is 17.6 Å². The Kier molecular flexibility index (Phi) is 5.50. The highest BCUT2D eigenvalue weighted by Gasteiger charge is 2.21. The van der Waals surface area contributed by atoms with Crippen molar-refractivity contribution < 1.29 is 18.3 Å². The molecule has 0 bridgehead atoms. The molecule has 1 aliphatic rings. The number of likely N-dealkylation sites (tertiary alicyclic amines) is 1. The fourth-order valence-corrected chi connectivity index (χ4v) is 2.48. The molecule has 0 atom stereocenters. The minimum atomic E-state index is -2.45. The van der Waals surface area contributed by atoms with Gasteiger partial charge >= 0.3 is 5.97 Å². The lowest BCUT2D eigenvalue weighted by molar-refractivity contribution is -0.142. The molecule has 0 aromatic heterocycles. The van der Waals surface area contributed by atoms with Crippen LogP contribution in [0, 0.1) is 0 Å². The van der Waals surface area contributed by atoms with Gasteiger partial charge in [-0.3, -0.25) is 9.69 Å². The Morgan fingerprint density at radius 2 is 2.14 bits per heavy atom. The quantitative estimate of drug-likeness (QED) is 0.849. The van der Waals surface area contributed by atoms with Crippen molar-refractivity contribution >= 4 is 11.7 Å². The lowest BCUT2D eigenvalue weighted by atomic mass is 10.0. The highest BCUT2D eigenvalue weighted by atomic mass is 19.3. The molecule has 1 fully saturated rings. The molecule has 1 saturated heterocycles. The molecule has 1 aromatic carbocycles. The number of hydrogen-bond donors (Lipinski definition) is 1. The van der Waals surface area contributed by atoms with Crippen LogP contribution in [0.15, 0.2) is 24.3 Å². The monoisotopic (exact) mass is 298 g/mol. The standard InChI is InChI=1S/C15H20F2N2O2/c1-21-14(20)10-19-7-5-12(6-8-19)18-13-4-2-3-11(9-13)15(16)17/h2-4,9,12,15,18H,5-8,10H2,1H3. The van der Waals surface area contributed by atoms with E-state index in [9.17, 15) is 13.6 Å². The molecular formula is C15H20F2N2O2. The van der Waals surface area contributed by atoms with Gasteiger partial charge in [0.2, 0.25) is 0 Å². The molecule has 2 rings (SSSR count). The van der Waals surface area contributed by atoms with Gasteiger partial charge in [-0.1, -0.05) is 12.1 Å². The normalized spacial score (nSPS) is 17.0. The summed E-state index contributed by atoms with van der Waals surface area (Å²) >= 11 is 0. The molecule has 4 nitrogen and oxygen atoms in total. The summed E-state index contributed by atoms with van der Waals surface area (Å²) < 4.78 is 30.0. The summed E-state index contributed by atoms with van der Waals surface area (Å²) in [6.45, 7) is 1.90. The first-order valence-corrected chi connectivity index (χ1v) is 7.02. The zero-order valence-corrected chi connectivity index (χ0v) is 12.0. The average Bonchev–Trinajstić information content (AvgIpc) is 2.49. The van der Waals surface area contributed by atoms with E-state index < -0.39 is 6.43 Å². The summed E-state index contributed by atoms with van der Waals surface area (Å²) in [6.07, 6.45) is -0.708. The van der Waals surface area contributed by atoms with Gasteiger partial charge in [-0.15, -0.1) is 0 Å². The number of esters is 1. The van der Waals surface area contributed by atoms with Gasteiger partial charge in [-0.25, -0.2) is 8.78 Å². The maximum Gasteiger partial charge on any atom is 0.319 e. The largest absolute Gasteiger partial charge is 0.468 e. The van der Waals surface area contributed by atoms with Crippen molar-refractivity contribution in [2.24, 2.45) is 0 Å². The van der Waals surface area contributed by atoms with Crippen molar-refractivity contribution in [2.75, 3.05) is 32.1 Å². The molecule has 1 aromatic rings. The average molecular weight is 298 g/mol. The van der Waals surface area contributed by atoms with Crippen molar-refractivity contribution in [3.05, 3.63) is 29.8 Å². The van der Waals surface area contributed by atoms with E-state index in [0.29, 0.717) is 6.54 Å². The number of benzene rings is 1. The van der Waals surface area contributed by atoms with E-state index >= 15 is 0 Å². The van der Waals surface area contributed by atoms with E-state index in [1.165, 1.54) is 19.2 Å². The van der Waals surface area contributed by atoms with Crippen LogP contribution >= 0.6 is 0 Å². The van der Waals surface area contributed by atoms with Crippen molar-refractivity contribution in [1.29, 1.82) is 0 Å². The van der Waals surface area contributed by atoms with E-state index in [2.05, 4.69) is 10.1 Å². The topological polar surface area (TPSA) is 41.6 Å². The van der Waals surface area contributed by atoms with Gasteiger partial charge in [-0.05, 0) is 25.0 Å². The molecule has 1 aliphatic heterocycles. The number of rotatable bonds is 5. The van der Waals surface area contributed by atoms with Crippen molar-refractivity contribution in [3.63, 3.8) is 0 Å². The van der Waals surface area contributed by atoms with Crippen LogP contribution in [0.25, 0.3) is 0 Å². The van der Waals surface area contributed by atoms with Crippen LogP contribution in [0.5, 0.6) is 0 Å². The predicted octanol–water partition coefficient (Wildman–Crippen LogP) is 2.67. The van der Waals surface area contributed by atoms with Crippen LogP contribution in [-0.2, 0) is 9.53 Å². The molecule has 0 radical (unpaired) electrons. The van der Waals surface area contributed by atoms with E-state index in [4.69, 9.17) is 0 Å². The molecular weight excluding hydrogens is 278 g/mol. The molecule has 116 valence electrons. The van der Waals surface area contributed by atoms with Crippen molar-refractivity contribution in [2.45, 2.75) is 25.3 Å². The summed E-state index contributed by atoms with van der Waals surface area (Å²) in [5.74, 6) is -0.231. The number of piperidine rings is 1. The Morgan fingerprint density at radius 3 is 2.76 bits per heavy atom. The summed E-state index contributed by atoms with van der Waals surface area (Å²) in [6, 6.07) is 6.59. The number of carbonyl (C=O) groups is 1. The lowest BCUT2D eigenvalue weighted by Gasteiger charge is -2.32. The number of anilines is 1. The number of alkyl halides is 2. The maximum absolute atomic E-state index is 12.7. The number of nitrogens with zero attached hydrogens (tertiary/aromatic N) is 1. The zero-order chi connectivity index (χ0) is 15.2. The highest BCUT2D eigenvalue weighted by molar-refractivity contribution is 5.71. The van der Waals surface area contributed by atoms with Gasteiger partial charge in [0.15, 0.2) is 0 Å². The Balaban J connectivity index is 1.83. The fourth-order valence-electron chi connectivity index (χ4n) is 2.48. The molecule has 0 spiro atoms. The van der Waals surface area contributed by atoms with Gasteiger partial charge in [0.25, 0.3) is 6.43 Å². The fraction of sp³-hybridized carbons (Fsp3) is 0.533. The van der Waals surface area contributed by atoms with Crippen LogP contribution in [0.4, 0.5) is 14.5 Å². The third-order valence-electron chi connectivity index (χ3n) is 3.68. The summed E-state index contributed by atoms with van der Waals surface area (Å²) in [4.78, 5) is 13.2. The van der Waals surface area contributed by atoms with Gasteiger partial charge in [-0.2, -0.15) is 0 Å². The van der Waals surface area contributed by atoms with Crippen LogP contribution in [0.2, 0.25) is 0 Å². The Morgan fingerprint density at radius 1 is 1.43 bits per heavy atom. The van der Waals surface area contributed by atoms with Gasteiger partial charge in [0.05, 0.1) is 13.7 Å². The molecule has 21 heavy (non-hydrogen) atoms. The van der Waals surface area contributed by atoms with Crippen LogP contribution < -0.4 is 5.32 Å². The Labute approximate surface area is 123 Å². The third kappa shape index (κ3) is 4.67. The first-order chi connectivity index (χ1) is 10.1. The maximum atomic E-state index is 12.7. The number of methoxy groups -OCH3 is 1. The predicted molar refractivity (Wildman–Crippen MR) is 76.5 cm³/mol. The van der Waals surface area contributed by atoms with Gasteiger partial charge < -0.3 is 10.1 Å². The number of halogens is 2. The van der Waals surface area contributed by atoms with Gasteiger partial charge in [0.1, 0.15) is 0 Å². The molecule has 1 heterocycles. The van der Waals surface area contributed by atoms with Crippen molar-refractivity contribution in [1.82, 2.24) is 4.90 Å².